The first-order valence-corrected chi connectivity index (χ1v) is 2.93. The maximum absolute atomic E-state index is 8.45. The number of aromatic nitrogens is 2. The molecular weight excluding hydrogens is 128 g/mol. The van der Waals surface area contributed by atoms with Gasteiger partial charge in [-0.25, -0.2) is 0 Å². The van der Waals surface area contributed by atoms with Crippen LogP contribution < -0.4 is 5.73 Å². The van der Waals surface area contributed by atoms with Crippen LogP contribution in [0.1, 0.15) is 13.0 Å². The molecule has 0 aliphatic rings. The Morgan fingerprint density at radius 2 is 2.60 bits per heavy atom. The van der Waals surface area contributed by atoms with Crippen molar-refractivity contribution in [2.24, 2.45) is 0 Å². The van der Waals surface area contributed by atoms with Gasteiger partial charge >= 0.3 is 0 Å². The molecule has 52 valence electrons. The van der Waals surface area contributed by atoms with E-state index in [1.165, 1.54) is 10.9 Å². The highest BCUT2D eigenvalue weighted by atomic mass is 15.3. The van der Waals surface area contributed by atoms with Crippen LogP contribution in [0, 0.1) is 11.3 Å². The first-order valence-electron chi connectivity index (χ1n) is 2.93. The highest BCUT2D eigenvalue weighted by Crippen LogP contribution is 2.05. The number of anilines is 1. The fraction of sp³-hybridized carbons (Fsp3) is 0.333. The fourth-order valence-corrected chi connectivity index (χ4v) is 0.624. The second kappa shape index (κ2) is 2.40. The molecule has 0 aliphatic carbocycles. The van der Waals surface area contributed by atoms with Gasteiger partial charge in [-0.3, -0.25) is 4.68 Å². The Kier molecular flexibility index (Phi) is 1.59. The molecule has 0 amide bonds. The molecule has 4 nitrogen and oxygen atoms in total. The largest absolute Gasteiger partial charge is 0.396 e. The van der Waals surface area contributed by atoms with E-state index in [-0.39, 0.29) is 6.04 Å². The Morgan fingerprint density at radius 3 is 3.00 bits per heavy atom. The molecule has 2 N–H and O–H groups in total. The van der Waals surface area contributed by atoms with Crippen LogP contribution in [0.3, 0.4) is 0 Å². The number of hydrogen-bond acceptors (Lipinski definition) is 3. The van der Waals surface area contributed by atoms with Crippen LogP contribution in [-0.2, 0) is 0 Å². The second-order valence-corrected chi connectivity index (χ2v) is 2.06. The molecule has 0 bridgehead atoms. The second-order valence-electron chi connectivity index (χ2n) is 2.06. The zero-order valence-corrected chi connectivity index (χ0v) is 5.65. The van der Waals surface area contributed by atoms with Gasteiger partial charge in [0.1, 0.15) is 6.04 Å². The van der Waals surface area contributed by atoms with Gasteiger partial charge in [0, 0.05) is 6.20 Å². The Balaban J connectivity index is 2.87. The van der Waals surface area contributed by atoms with Crippen LogP contribution in [0.25, 0.3) is 0 Å². The predicted octanol–water partition coefficient (Wildman–Crippen LogP) is 0.550. The third-order valence-electron chi connectivity index (χ3n) is 1.21. The van der Waals surface area contributed by atoms with E-state index in [4.69, 9.17) is 11.0 Å². The molecule has 1 aromatic heterocycles. The zero-order valence-electron chi connectivity index (χ0n) is 5.65. The van der Waals surface area contributed by atoms with Crippen LogP contribution in [0.5, 0.6) is 0 Å². The first-order chi connectivity index (χ1) is 4.74. The van der Waals surface area contributed by atoms with Gasteiger partial charge in [0.2, 0.25) is 0 Å². The third kappa shape index (κ3) is 1.08. The minimum atomic E-state index is -0.239. The van der Waals surface area contributed by atoms with Crippen LogP contribution >= 0.6 is 0 Å². The van der Waals surface area contributed by atoms with Crippen LogP contribution in [-0.4, -0.2) is 9.78 Å². The van der Waals surface area contributed by atoms with Crippen molar-refractivity contribution in [3.63, 3.8) is 0 Å². The van der Waals surface area contributed by atoms with Crippen molar-refractivity contribution in [2.45, 2.75) is 13.0 Å². The molecule has 0 saturated heterocycles. The molecule has 0 aromatic carbocycles. The normalized spacial score (nSPS) is 12.4. The standard InChI is InChI=1S/C6H8N4/c1-5(2-7)10-4-6(8)3-9-10/h3-5H,8H2,1H3. The van der Waals surface area contributed by atoms with Gasteiger partial charge in [0.15, 0.2) is 0 Å². The van der Waals surface area contributed by atoms with Gasteiger partial charge in [-0.1, -0.05) is 0 Å². The molecule has 10 heavy (non-hydrogen) atoms. The van der Waals surface area contributed by atoms with Gasteiger partial charge < -0.3 is 5.73 Å². The van der Waals surface area contributed by atoms with E-state index in [0.717, 1.165) is 0 Å². The predicted molar refractivity (Wildman–Crippen MR) is 37.0 cm³/mol. The lowest BCUT2D eigenvalue weighted by molar-refractivity contribution is 0.591. The summed E-state index contributed by atoms with van der Waals surface area (Å²) in [5, 5.41) is 12.3. The van der Waals surface area contributed by atoms with Crippen molar-refractivity contribution in [2.75, 3.05) is 5.73 Å². The van der Waals surface area contributed by atoms with Gasteiger partial charge in [-0.15, -0.1) is 0 Å². The van der Waals surface area contributed by atoms with E-state index in [9.17, 15) is 0 Å². The summed E-state index contributed by atoms with van der Waals surface area (Å²) < 4.78 is 1.52. The van der Waals surface area contributed by atoms with Gasteiger partial charge in [-0.05, 0) is 6.92 Å². The number of rotatable bonds is 1. The van der Waals surface area contributed by atoms with E-state index in [0.29, 0.717) is 5.69 Å². The van der Waals surface area contributed by atoms with Crippen molar-refractivity contribution in [1.82, 2.24) is 9.78 Å². The highest BCUT2D eigenvalue weighted by molar-refractivity contribution is 5.30. The summed E-state index contributed by atoms with van der Waals surface area (Å²) in [6.45, 7) is 1.76. The molecule has 1 unspecified atom stereocenters. The summed E-state index contributed by atoms with van der Waals surface area (Å²) in [6.07, 6.45) is 3.15. The average molecular weight is 136 g/mol. The fourth-order valence-electron chi connectivity index (χ4n) is 0.624. The Hall–Kier alpha value is -1.50. The first kappa shape index (κ1) is 6.62. The Labute approximate surface area is 58.9 Å². The third-order valence-corrected chi connectivity index (χ3v) is 1.21. The molecular formula is C6H8N4. The van der Waals surface area contributed by atoms with Gasteiger partial charge in [0.25, 0.3) is 0 Å². The topological polar surface area (TPSA) is 67.6 Å². The lowest BCUT2D eigenvalue weighted by atomic mass is 10.4. The summed E-state index contributed by atoms with van der Waals surface area (Å²) in [4.78, 5) is 0. The number of nitriles is 1. The lowest BCUT2D eigenvalue weighted by Gasteiger charge is -1.99. The SMILES string of the molecule is CC(C#N)n1cc(N)cn1. The summed E-state index contributed by atoms with van der Waals surface area (Å²) in [7, 11) is 0. The molecule has 1 aromatic rings. The number of nitrogen functional groups attached to an aromatic ring is 1. The van der Waals surface area contributed by atoms with Gasteiger partial charge in [0.05, 0.1) is 18.0 Å². The van der Waals surface area contributed by atoms with Gasteiger partial charge in [-0.2, -0.15) is 10.4 Å². The minimum Gasteiger partial charge on any atom is -0.396 e. The molecule has 0 saturated carbocycles. The molecule has 1 heterocycles. The summed E-state index contributed by atoms with van der Waals surface area (Å²) in [6, 6.07) is 1.80. The van der Waals surface area contributed by atoms with E-state index in [1.54, 1.807) is 13.1 Å². The minimum absolute atomic E-state index is 0.239. The van der Waals surface area contributed by atoms with E-state index in [2.05, 4.69) is 5.10 Å². The summed E-state index contributed by atoms with van der Waals surface area (Å²) in [5.41, 5.74) is 5.96. The monoisotopic (exact) mass is 136 g/mol. The van der Waals surface area contributed by atoms with Crippen LogP contribution in [0.15, 0.2) is 12.4 Å². The van der Waals surface area contributed by atoms with E-state index in [1.807, 2.05) is 6.07 Å². The quantitative estimate of drug-likeness (QED) is 0.613. The van der Waals surface area contributed by atoms with Crippen molar-refractivity contribution >= 4 is 5.69 Å². The van der Waals surface area contributed by atoms with Crippen molar-refractivity contribution in [1.29, 1.82) is 5.26 Å². The average Bonchev–Trinajstić information content (AvgIpc) is 2.34. The lowest BCUT2D eigenvalue weighted by Crippen LogP contribution is -2.01. The summed E-state index contributed by atoms with van der Waals surface area (Å²) >= 11 is 0. The van der Waals surface area contributed by atoms with Crippen molar-refractivity contribution in [3.8, 4) is 6.07 Å². The number of nitrogens with zero attached hydrogens (tertiary/aromatic N) is 3. The smallest absolute Gasteiger partial charge is 0.135 e. The Bertz CT molecular complexity index is 257. The number of hydrogen-bond donors (Lipinski definition) is 1. The zero-order chi connectivity index (χ0) is 7.56. The van der Waals surface area contributed by atoms with E-state index < -0.39 is 0 Å². The van der Waals surface area contributed by atoms with Crippen molar-refractivity contribution < 1.29 is 0 Å². The maximum Gasteiger partial charge on any atom is 0.135 e. The molecule has 1 atom stereocenters. The van der Waals surface area contributed by atoms with E-state index >= 15 is 0 Å². The van der Waals surface area contributed by atoms with Crippen LogP contribution in [0.4, 0.5) is 5.69 Å². The summed E-state index contributed by atoms with van der Waals surface area (Å²) in [5.74, 6) is 0. The van der Waals surface area contributed by atoms with Crippen molar-refractivity contribution in [3.05, 3.63) is 12.4 Å². The molecule has 0 fully saturated rings. The highest BCUT2D eigenvalue weighted by Gasteiger charge is 2.01. The van der Waals surface area contributed by atoms with Crippen LogP contribution in [0.2, 0.25) is 0 Å². The molecule has 1 rings (SSSR count). The maximum atomic E-state index is 8.45. The Morgan fingerprint density at radius 1 is 1.90 bits per heavy atom. The molecule has 0 aliphatic heterocycles. The molecule has 0 spiro atoms. The number of nitrogens with two attached hydrogens (primary N) is 1. The molecule has 0 radical (unpaired) electrons. The molecule has 4 heteroatoms.